The van der Waals surface area contributed by atoms with E-state index in [0.717, 1.165) is 32.5 Å². The van der Waals surface area contributed by atoms with Gasteiger partial charge in [0.2, 0.25) is 0 Å². The number of imidazole rings is 1. The Morgan fingerprint density at radius 3 is 2.62 bits per heavy atom. The minimum atomic E-state index is -3.08. The minimum Gasteiger partial charge on any atom is -0.496 e. The van der Waals surface area contributed by atoms with Crippen molar-refractivity contribution in [3.8, 4) is 28.5 Å². The number of nitrogens with zero attached hydrogens (tertiary/aromatic N) is 3. The summed E-state index contributed by atoms with van der Waals surface area (Å²) in [5.41, 5.74) is 1.85. The Morgan fingerprint density at radius 2 is 1.87 bits per heavy atom. The van der Waals surface area contributed by atoms with Crippen LogP contribution in [0.5, 0.6) is 17.2 Å². The summed E-state index contributed by atoms with van der Waals surface area (Å²) in [5, 5.41) is 0. The number of pyridine rings is 1. The van der Waals surface area contributed by atoms with E-state index in [4.69, 9.17) is 18.9 Å². The molecule has 0 amide bonds. The molecule has 8 nitrogen and oxygen atoms in total. The second-order valence-corrected chi connectivity index (χ2v) is 10.1. The van der Waals surface area contributed by atoms with Crippen molar-refractivity contribution in [1.82, 2.24) is 14.3 Å². The van der Waals surface area contributed by atoms with E-state index >= 15 is 0 Å². The number of Topliss-reactive ketones (excluding diaryl/α,β-unsaturated/α-hetero) is 1. The number of ketones is 1. The van der Waals surface area contributed by atoms with Gasteiger partial charge in [0.25, 0.3) is 0 Å². The zero-order valence-electron chi connectivity index (χ0n) is 22.2. The van der Waals surface area contributed by atoms with E-state index in [1.54, 1.807) is 24.5 Å². The Morgan fingerprint density at radius 1 is 1.08 bits per heavy atom. The highest BCUT2D eigenvalue weighted by Gasteiger charge is 2.29. The molecule has 0 bridgehead atoms. The van der Waals surface area contributed by atoms with Gasteiger partial charge in [0.1, 0.15) is 35.1 Å². The van der Waals surface area contributed by atoms with Crippen LogP contribution in [0.3, 0.4) is 0 Å². The van der Waals surface area contributed by atoms with Crippen LogP contribution < -0.4 is 14.2 Å². The lowest BCUT2D eigenvalue weighted by atomic mass is 10.00. The number of likely N-dealkylation sites (tertiary alicyclic amines) is 1. The number of rotatable bonds is 14. The van der Waals surface area contributed by atoms with Gasteiger partial charge in [-0.05, 0) is 62.9 Å². The number of benzene rings is 1. The highest BCUT2D eigenvalue weighted by molar-refractivity contribution is 6.02. The molecule has 2 aromatic heterocycles. The summed E-state index contributed by atoms with van der Waals surface area (Å²) < 4.78 is 50.2. The Balaban J connectivity index is 1.26. The Hall–Kier alpha value is -3.24. The van der Waals surface area contributed by atoms with Gasteiger partial charge >= 0.3 is 6.61 Å². The molecule has 1 aliphatic heterocycles. The normalized spacial score (nSPS) is 16.1. The Bertz CT molecular complexity index is 1270. The number of ether oxygens (including phenoxy) is 4. The maximum atomic E-state index is 13.3. The number of hydrogen-bond acceptors (Lipinski definition) is 7. The molecule has 3 aromatic rings. The molecule has 3 heterocycles. The van der Waals surface area contributed by atoms with E-state index in [1.807, 2.05) is 10.5 Å². The molecule has 1 saturated heterocycles. The van der Waals surface area contributed by atoms with Crippen LogP contribution in [0.2, 0.25) is 0 Å². The Labute approximate surface area is 226 Å². The molecule has 10 heteroatoms. The van der Waals surface area contributed by atoms with Gasteiger partial charge in [-0.2, -0.15) is 8.78 Å². The quantitative estimate of drug-likeness (QED) is 0.197. The third-order valence-electron chi connectivity index (χ3n) is 7.23. The molecule has 1 aromatic carbocycles. The molecule has 0 unspecified atom stereocenters. The van der Waals surface area contributed by atoms with Crippen molar-refractivity contribution in [2.45, 2.75) is 45.1 Å². The van der Waals surface area contributed by atoms with E-state index in [1.165, 1.54) is 32.4 Å². The van der Waals surface area contributed by atoms with Crippen molar-refractivity contribution < 1.29 is 32.5 Å². The topological polar surface area (TPSA) is 74.5 Å². The maximum Gasteiger partial charge on any atom is 0.387 e. The number of fused-ring (bicyclic) bond motifs is 1. The highest BCUT2D eigenvalue weighted by atomic mass is 19.3. The van der Waals surface area contributed by atoms with Crippen molar-refractivity contribution in [3.05, 3.63) is 42.2 Å². The number of carbonyl (C=O) groups excluding carboxylic acids is 1. The lowest BCUT2D eigenvalue weighted by Gasteiger charge is -2.26. The third kappa shape index (κ3) is 7.05. The van der Waals surface area contributed by atoms with E-state index in [-0.39, 0.29) is 29.3 Å². The predicted molar refractivity (Wildman–Crippen MR) is 142 cm³/mol. The molecule has 210 valence electrons. The zero-order valence-corrected chi connectivity index (χ0v) is 22.2. The predicted octanol–water partition coefficient (Wildman–Crippen LogP) is 5.48. The molecule has 1 aliphatic carbocycles. The summed E-state index contributed by atoms with van der Waals surface area (Å²) >= 11 is 0. The van der Waals surface area contributed by atoms with Gasteiger partial charge in [0, 0.05) is 30.8 Å². The first-order valence-corrected chi connectivity index (χ1v) is 13.6. The van der Waals surface area contributed by atoms with E-state index in [2.05, 4.69) is 9.88 Å². The number of aromatic nitrogens is 2. The molecular weight excluding hydrogens is 508 g/mol. The Kier molecular flexibility index (Phi) is 8.93. The number of carbonyl (C=O) groups is 1. The van der Waals surface area contributed by atoms with Crippen molar-refractivity contribution in [1.29, 1.82) is 0 Å². The molecule has 1 saturated carbocycles. The summed E-state index contributed by atoms with van der Waals surface area (Å²) in [6.07, 6.45) is 9.52. The van der Waals surface area contributed by atoms with E-state index < -0.39 is 6.61 Å². The molecule has 0 spiro atoms. The summed E-state index contributed by atoms with van der Waals surface area (Å²) in [6, 6.07) is 6.73. The monoisotopic (exact) mass is 543 g/mol. The van der Waals surface area contributed by atoms with Crippen LogP contribution in [0.25, 0.3) is 16.9 Å². The maximum absolute atomic E-state index is 13.3. The number of piperidine rings is 1. The first kappa shape index (κ1) is 27.3. The third-order valence-corrected chi connectivity index (χ3v) is 7.23. The van der Waals surface area contributed by atoms with E-state index in [9.17, 15) is 13.6 Å². The van der Waals surface area contributed by atoms with Gasteiger partial charge in [0.15, 0.2) is 5.78 Å². The van der Waals surface area contributed by atoms with Gasteiger partial charge < -0.3 is 23.8 Å². The summed E-state index contributed by atoms with van der Waals surface area (Å²) in [4.78, 5) is 19.8. The summed E-state index contributed by atoms with van der Waals surface area (Å²) in [7, 11) is 1.41. The molecule has 0 atom stereocenters. The van der Waals surface area contributed by atoms with Gasteiger partial charge in [-0.3, -0.25) is 9.20 Å². The van der Waals surface area contributed by atoms with Crippen LogP contribution in [-0.2, 0) is 4.74 Å². The van der Waals surface area contributed by atoms with Crippen LogP contribution in [0.4, 0.5) is 8.78 Å². The van der Waals surface area contributed by atoms with Crippen molar-refractivity contribution in [2.75, 3.05) is 46.6 Å². The molecule has 0 N–H and O–H groups in total. The number of hydrogen-bond donors (Lipinski definition) is 0. The largest absolute Gasteiger partial charge is 0.496 e. The standard InChI is InChI=1S/C29H35F2N3O5/c1-36-25-16-21(17-26(39-29(30)31)28(25)24(35)15-20-5-6-20)23-19-32-27-18-22(7-10-34(23)27)38-14-13-37-12-11-33-8-3-2-4-9-33/h7,10,16-20,29H,2-6,8-9,11-15H2,1H3. The van der Waals surface area contributed by atoms with Crippen molar-refractivity contribution >= 4 is 11.4 Å². The molecular formula is C29H35F2N3O5. The van der Waals surface area contributed by atoms with Crippen molar-refractivity contribution in [3.63, 3.8) is 0 Å². The number of halogens is 2. The fraction of sp³-hybridized carbons (Fsp3) is 0.517. The first-order chi connectivity index (χ1) is 19.0. The van der Waals surface area contributed by atoms with Crippen LogP contribution in [0, 0.1) is 5.92 Å². The summed E-state index contributed by atoms with van der Waals surface area (Å²) in [5.74, 6) is 0.693. The van der Waals surface area contributed by atoms with Gasteiger partial charge in [-0.25, -0.2) is 4.98 Å². The zero-order chi connectivity index (χ0) is 27.2. The number of alkyl halides is 2. The molecule has 2 aliphatic rings. The molecule has 39 heavy (non-hydrogen) atoms. The smallest absolute Gasteiger partial charge is 0.387 e. The van der Waals surface area contributed by atoms with Gasteiger partial charge in [0.05, 0.1) is 32.2 Å². The van der Waals surface area contributed by atoms with E-state index in [0.29, 0.717) is 48.4 Å². The minimum absolute atomic E-state index is 0.0519. The lowest BCUT2D eigenvalue weighted by molar-refractivity contribution is -0.0502. The first-order valence-electron chi connectivity index (χ1n) is 13.6. The fourth-order valence-corrected chi connectivity index (χ4v) is 5.01. The lowest BCUT2D eigenvalue weighted by Crippen LogP contribution is -2.32. The second-order valence-electron chi connectivity index (χ2n) is 10.1. The average molecular weight is 544 g/mol. The molecule has 2 fully saturated rings. The van der Waals surface area contributed by atoms with Crippen molar-refractivity contribution in [2.24, 2.45) is 5.92 Å². The van der Waals surface area contributed by atoms with Gasteiger partial charge in [-0.15, -0.1) is 0 Å². The SMILES string of the molecule is COc1cc(-c2cnc3cc(OCCOCCN4CCCCC4)ccn23)cc(OC(F)F)c1C(=O)CC1CC1. The summed E-state index contributed by atoms with van der Waals surface area (Å²) in [6.45, 7) is 1.80. The van der Waals surface area contributed by atoms with Crippen LogP contribution in [0.15, 0.2) is 36.7 Å². The molecule has 0 radical (unpaired) electrons. The number of methoxy groups -OCH3 is 1. The van der Waals surface area contributed by atoms with Crippen LogP contribution in [-0.4, -0.2) is 73.2 Å². The van der Waals surface area contributed by atoms with Crippen LogP contribution in [0.1, 0.15) is 48.9 Å². The molecule has 5 rings (SSSR count). The van der Waals surface area contributed by atoms with Gasteiger partial charge in [-0.1, -0.05) is 6.42 Å². The highest BCUT2D eigenvalue weighted by Crippen LogP contribution is 2.40. The fourth-order valence-electron chi connectivity index (χ4n) is 5.01. The average Bonchev–Trinajstić information content (AvgIpc) is 3.65. The second kappa shape index (κ2) is 12.7. The van der Waals surface area contributed by atoms with Crippen LogP contribution >= 0.6 is 0 Å².